The van der Waals surface area contributed by atoms with E-state index in [1.54, 1.807) is 16.8 Å². The molecule has 8 nitrogen and oxygen atoms in total. The van der Waals surface area contributed by atoms with Crippen molar-refractivity contribution in [1.82, 2.24) is 4.90 Å². The van der Waals surface area contributed by atoms with E-state index >= 15 is 0 Å². The molecular formula is C26H33N5O3. The summed E-state index contributed by atoms with van der Waals surface area (Å²) >= 11 is 0. The van der Waals surface area contributed by atoms with Gasteiger partial charge in [0, 0.05) is 36.7 Å². The third-order valence-electron chi connectivity index (χ3n) is 5.61. The summed E-state index contributed by atoms with van der Waals surface area (Å²) in [6.45, 7) is 7.59. The second-order valence-corrected chi connectivity index (χ2v) is 8.67. The minimum Gasteiger partial charge on any atom is -0.378 e. The Morgan fingerprint density at radius 2 is 1.71 bits per heavy atom. The highest BCUT2D eigenvalue weighted by Gasteiger charge is 2.19. The van der Waals surface area contributed by atoms with E-state index in [0.29, 0.717) is 12.2 Å². The fraction of sp³-hybridized carbons (Fsp3) is 0.423. The molecule has 1 aliphatic rings. The van der Waals surface area contributed by atoms with Crippen LogP contribution < -0.4 is 15.1 Å². The van der Waals surface area contributed by atoms with Gasteiger partial charge in [-0.15, -0.1) is 0 Å². The minimum atomic E-state index is -0.190. The number of carbonyl (C=O) groups excluding carboxylic acids is 2. The Bertz CT molecular complexity index is 1010. The lowest BCUT2D eigenvalue weighted by atomic mass is 10.1. The molecule has 0 aliphatic carbocycles. The molecule has 0 unspecified atom stereocenters. The summed E-state index contributed by atoms with van der Waals surface area (Å²) in [7, 11) is 1.74. The topological polar surface area (TPSA) is 88.9 Å². The van der Waals surface area contributed by atoms with E-state index in [9.17, 15) is 9.59 Å². The van der Waals surface area contributed by atoms with E-state index in [-0.39, 0.29) is 31.3 Å². The van der Waals surface area contributed by atoms with Crippen molar-refractivity contribution >= 4 is 28.9 Å². The van der Waals surface area contributed by atoms with Crippen LogP contribution in [0.5, 0.6) is 0 Å². The van der Waals surface area contributed by atoms with Gasteiger partial charge in [-0.2, -0.15) is 5.26 Å². The molecule has 0 bridgehead atoms. The highest BCUT2D eigenvalue weighted by atomic mass is 16.5. The Labute approximate surface area is 201 Å². The summed E-state index contributed by atoms with van der Waals surface area (Å²) in [5.74, 6) is -0.338. The summed E-state index contributed by atoms with van der Waals surface area (Å²) < 4.78 is 5.39. The van der Waals surface area contributed by atoms with Crippen LogP contribution in [0.4, 0.5) is 17.1 Å². The maximum absolute atomic E-state index is 13.0. The van der Waals surface area contributed by atoms with Gasteiger partial charge in [0.05, 0.1) is 38.8 Å². The van der Waals surface area contributed by atoms with Crippen molar-refractivity contribution in [3.63, 3.8) is 0 Å². The highest BCUT2D eigenvalue weighted by molar-refractivity contribution is 5.96. The lowest BCUT2D eigenvalue weighted by Crippen LogP contribution is -2.42. The molecule has 0 atom stereocenters. The molecule has 3 rings (SSSR count). The van der Waals surface area contributed by atoms with Gasteiger partial charge in [-0.05, 0) is 68.4 Å². The van der Waals surface area contributed by atoms with Crippen molar-refractivity contribution in [1.29, 1.82) is 5.26 Å². The number of amides is 2. The van der Waals surface area contributed by atoms with Crippen LogP contribution in [0.2, 0.25) is 0 Å². The molecule has 1 heterocycles. The summed E-state index contributed by atoms with van der Waals surface area (Å²) in [6, 6.07) is 15.8. The number of anilines is 3. The molecule has 0 saturated carbocycles. The minimum absolute atomic E-state index is 0.0712. The fourth-order valence-electron chi connectivity index (χ4n) is 4.06. The van der Waals surface area contributed by atoms with Crippen LogP contribution in [-0.2, 0) is 14.3 Å². The summed E-state index contributed by atoms with van der Waals surface area (Å²) in [5.41, 5.74) is 4.70. The zero-order valence-electron chi connectivity index (χ0n) is 20.2. The second kappa shape index (κ2) is 12.2. The number of nitrogens with one attached hydrogen (secondary N) is 1. The predicted octanol–water partition coefficient (Wildman–Crippen LogP) is 2.96. The van der Waals surface area contributed by atoms with Crippen molar-refractivity contribution in [2.24, 2.45) is 0 Å². The number of hydrogen-bond acceptors (Lipinski definition) is 6. The molecule has 1 fully saturated rings. The number of benzene rings is 2. The van der Waals surface area contributed by atoms with Crippen LogP contribution in [0.1, 0.15) is 17.5 Å². The first-order valence-corrected chi connectivity index (χ1v) is 11.5. The van der Waals surface area contributed by atoms with Crippen molar-refractivity contribution in [3.05, 3.63) is 53.6 Å². The largest absolute Gasteiger partial charge is 0.378 e. The molecule has 2 aromatic carbocycles. The maximum Gasteiger partial charge on any atom is 0.241 e. The van der Waals surface area contributed by atoms with Gasteiger partial charge < -0.3 is 19.9 Å². The highest BCUT2D eigenvalue weighted by Crippen LogP contribution is 2.20. The summed E-state index contributed by atoms with van der Waals surface area (Å²) in [5, 5.41) is 11.9. The van der Waals surface area contributed by atoms with Gasteiger partial charge >= 0.3 is 0 Å². The number of nitriles is 1. The first kappa shape index (κ1) is 25.2. The lowest BCUT2D eigenvalue weighted by molar-refractivity contribution is -0.121. The van der Waals surface area contributed by atoms with Gasteiger partial charge in [0.1, 0.15) is 0 Å². The number of carbonyl (C=O) groups is 2. The Kier molecular flexibility index (Phi) is 9.02. The van der Waals surface area contributed by atoms with Crippen LogP contribution in [0.25, 0.3) is 0 Å². The van der Waals surface area contributed by atoms with Crippen molar-refractivity contribution in [2.45, 2.75) is 20.3 Å². The van der Waals surface area contributed by atoms with Crippen LogP contribution in [-0.4, -0.2) is 69.7 Å². The first-order chi connectivity index (χ1) is 16.4. The monoisotopic (exact) mass is 463 g/mol. The van der Waals surface area contributed by atoms with Crippen molar-refractivity contribution in [3.8, 4) is 6.07 Å². The summed E-state index contributed by atoms with van der Waals surface area (Å²) in [6.07, 6.45) is 0.239. The zero-order chi connectivity index (χ0) is 24.5. The number of likely N-dealkylation sites (N-methyl/N-ethyl adjacent to an activating group) is 1. The van der Waals surface area contributed by atoms with E-state index in [0.717, 1.165) is 48.8 Å². The van der Waals surface area contributed by atoms with Gasteiger partial charge in [0.15, 0.2) is 0 Å². The predicted molar refractivity (Wildman–Crippen MR) is 134 cm³/mol. The SMILES string of the molecule is Cc1cc(C)cc(N(CCC#N)C(=O)CN(C)CC(=O)Nc2ccc(N3CCOCC3)cc2)c1. The number of rotatable bonds is 9. The second-order valence-electron chi connectivity index (χ2n) is 8.67. The van der Waals surface area contributed by atoms with Crippen LogP contribution >= 0.6 is 0 Å². The molecule has 0 aromatic heterocycles. The molecule has 0 radical (unpaired) electrons. The van der Waals surface area contributed by atoms with Crippen molar-refractivity contribution in [2.75, 3.05) is 68.1 Å². The molecular weight excluding hydrogens is 430 g/mol. The molecule has 0 spiro atoms. The average Bonchev–Trinajstić information content (AvgIpc) is 2.79. The standard InChI is InChI=1S/C26H33N5O3/c1-20-15-21(2)17-24(16-20)31(10-4-9-27)26(33)19-29(3)18-25(32)28-22-5-7-23(8-6-22)30-11-13-34-14-12-30/h5-8,15-17H,4,10-14,18-19H2,1-3H3,(H,28,32). The van der Waals surface area contributed by atoms with E-state index in [1.165, 1.54) is 0 Å². The number of hydrogen-bond donors (Lipinski definition) is 1. The molecule has 180 valence electrons. The maximum atomic E-state index is 13.0. The Hall–Kier alpha value is -3.41. The van der Waals surface area contributed by atoms with E-state index in [1.807, 2.05) is 56.3 Å². The van der Waals surface area contributed by atoms with Gasteiger partial charge in [-0.25, -0.2) is 0 Å². The normalized spacial score (nSPS) is 13.4. The molecule has 1 N–H and O–H groups in total. The van der Waals surface area contributed by atoms with E-state index < -0.39 is 0 Å². The van der Waals surface area contributed by atoms with Crippen molar-refractivity contribution < 1.29 is 14.3 Å². The van der Waals surface area contributed by atoms with Gasteiger partial charge in [0.25, 0.3) is 0 Å². The van der Waals surface area contributed by atoms with Crippen LogP contribution in [0.3, 0.4) is 0 Å². The molecule has 1 aliphatic heterocycles. The fourth-order valence-corrected chi connectivity index (χ4v) is 4.06. The molecule has 2 amide bonds. The quantitative estimate of drug-likeness (QED) is 0.615. The van der Waals surface area contributed by atoms with Crippen LogP contribution in [0, 0.1) is 25.2 Å². The molecule has 1 saturated heterocycles. The molecule has 2 aromatic rings. The van der Waals surface area contributed by atoms with E-state index in [2.05, 4.69) is 16.3 Å². The van der Waals surface area contributed by atoms with Gasteiger partial charge in [-0.1, -0.05) is 6.07 Å². The number of morpholine rings is 1. The summed E-state index contributed by atoms with van der Waals surface area (Å²) in [4.78, 5) is 31.1. The third-order valence-corrected chi connectivity index (χ3v) is 5.61. The van der Waals surface area contributed by atoms with Gasteiger partial charge in [0.2, 0.25) is 11.8 Å². The molecule has 34 heavy (non-hydrogen) atoms. The van der Waals surface area contributed by atoms with E-state index in [4.69, 9.17) is 10.00 Å². The number of nitrogens with zero attached hydrogens (tertiary/aromatic N) is 4. The smallest absolute Gasteiger partial charge is 0.241 e. The number of ether oxygens (including phenoxy) is 1. The first-order valence-electron chi connectivity index (χ1n) is 11.5. The Morgan fingerprint density at radius 3 is 2.32 bits per heavy atom. The zero-order valence-corrected chi connectivity index (χ0v) is 20.2. The Balaban J connectivity index is 1.55. The third kappa shape index (κ3) is 7.30. The lowest BCUT2D eigenvalue weighted by Gasteiger charge is -2.29. The Morgan fingerprint density at radius 1 is 1.06 bits per heavy atom. The average molecular weight is 464 g/mol. The molecule has 8 heteroatoms. The van der Waals surface area contributed by atoms with Gasteiger partial charge in [-0.3, -0.25) is 14.5 Å². The van der Waals surface area contributed by atoms with Crippen LogP contribution in [0.15, 0.2) is 42.5 Å². The number of aryl methyl sites for hydroxylation is 2.